The van der Waals surface area contributed by atoms with Crippen molar-refractivity contribution < 1.29 is 0 Å². The molecular formula is C54H96N16. The Morgan fingerprint density at radius 1 is 0.171 bits per heavy atom. The molecule has 0 bridgehead atoms. The number of hydrogen-bond acceptors (Lipinski definition) is 16. The molecule has 0 amide bonds. The molecule has 0 spiro atoms. The summed E-state index contributed by atoms with van der Waals surface area (Å²) in [5, 5.41) is 24.1. The Labute approximate surface area is 426 Å². The summed E-state index contributed by atoms with van der Waals surface area (Å²) in [5.74, 6) is 5.83. The van der Waals surface area contributed by atoms with Gasteiger partial charge in [0.05, 0.1) is 18.6 Å². The van der Waals surface area contributed by atoms with Gasteiger partial charge in [0.1, 0.15) is 31.6 Å². The predicted octanol–water partition coefficient (Wildman–Crippen LogP) is 13.8. The van der Waals surface area contributed by atoms with Crippen LogP contribution in [0.2, 0.25) is 0 Å². The van der Waals surface area contributed by atoms with Crippen LogP contribution in [0.1, 0.15) is 145 Å². The minimum absolute atomic E-state index is 0.833. The molecule has 0 aromatic carbocycles. The lowest BCUT2D eigenvalue weighted by atomic mass is 10.3. The standard InChI is InChI=1S/C5H5N.3C4H4N2.7C4H10.3C3H3N3/c1-2-4-6-5-3-1;1-2-6-4-3-5-1;1-2-5-4-6-3-1;1-2-4-6-5-3-1;7*1-4(2)3;1-4-2-6-3-5-1;1-2-5-6-3-4-1;1-2-4-6-5-3-1/h1-5H;3*1-4H;7*4H,1-3H3;3*1-3H. The van der Waals surface area contributed by atoms with Gasteiger partial charge in [-0.05, 0) is 83.0 Å². The molecule has 392 valence electrons. The third-order valence-electron chi connectivity index (χ3n) is 3.22. The van der Waals surface area contributed by atoms with Gasteiger partial charge in [0.25, 0.3) is 0 Å². The molecule has 7 heterocycles. The van der Waals surface area contributed by atoms with Crippen LogP contribution in [-0.4, -0.2) is 80.7 Å². The molecule has 16 heteroatoms. The highest BCUT2D eigenvalue weighted by molar-refractivity contribution is 4.88. The summed E-state index contributed by atoms with van der Waals surface area (Å²) >= 11 is 0. The van der Waals surface area contributed by atoms with Crippen LogP contribution in [0.15, 0.2) is 161 Å². The van der Waals surface area contributed by atoms with Crippen LogP contribution in [0, 0.1) is 41.4 Å². The fraction of sp³-hybridized carbons (Fsp3) is 0.519. The third kappa shape index (κ3) is 179. The summed E-state index contributed by atoms with van der Waals surface area (Å²) in [6.45, 7) is 45.5. The molecule has 0 radical (unpaired) electrons. The maximum Gasteiger partial charge on any atom is 0.138 e. The molecule has 0 saturated carbocycles. The Kier molecular flexibility index (Phi) is 82.0. The number of hydrogen-bond donors (Lipinski definition) is 0. The lowest BCUT2D eigenvalue weighted by Gasteiger charge is -1.79. The second kappa shape index (κ2) is 74.0. The van der Waals surface area contributed by atoms with Crippen molar-refractivity contribution in [2.75, 3.05) is 0 Å². The van der Waals surface area contributed by atoms with E-state index in [9.17, 15) is 0 Å². The molecule has 7 rings (SSSR count). The highest BCUT2D eigenvalue weighted by atomic mass is 15.3. The molecule has 0 aliphatic carbocycles. The maximum absolute atomic E-state index is 3.78. The zero-order valence-corrected chi connectivity index (χ0v) is 47.2. The monoisotopic (exact) mass is 969 g/mol. The molecule has 0 saturated heterocycles. The molecule has 0 N–H and O–H groups in total. The molecule has 16 nitrogen and oxygen atoms in total. The SMILES string of the molecule is CC(C)C.CC(C)C.CC(C)C.CC(C)C.CC(C)C.CC(C)C.CC(C)C.c1ccncc1.c1ccnnc1.c1cnccn1.c1cncnc1.c1cnncn1.c1cnnnc1.c1ncncn1. The highest BCUT2D eigenvalue weighted by Gasteiger charge is 1.71. The first kappa shape index (κ1) is 77.6. The van der Waals surface area contributed by atoms with Crippen molar-refractivity contribution in [2.24, 2.45) is 41.4 Å². The van der Waals surface area contributed by atoms with Crippen LogP contribution in [0.5, 0.6) is 0 Å². The van der Waals surface area contributed by atoms with Crippen molar-refractivity contribution in [1.82, 2.24) is 80.7 Å². The maximum atomic E-state index is 3.78. The van der Waals surface area contributed by atoms with Gasteiger partial charge in [-0.3, -0.25) is 15.0 Å². The van der Waals surface area contributed by atoms with E-state index < -0.39 is 0 Å². The van der Waals surface area contributed by atoms with Crippen molar-refractivity contribution in [3.05, 3.63) is 161 Å². The zero-order valence-electron chi connectivity index (χ0n) is 47.2. The number of aromatic nitrogens is 16. The van der Waals surface area contributed by atoms with Gasteiger partial charge in [0.2, 0.25) is 0 Å². The lowest BCUT2D eigenvalue weighted by molar-refractivity contribution is 0.736. The Hall–Kier alpha value is -6.58. The van der Waals surface area contributed by atoms with E-state index in [4.69, 9.17) is 0 Å². The van der Waals surface area contributed by atoms with Crippen molar-refractivity contribution in [3.63, 3.8) is 0 Å². The summed E-state index contributed by atoms with van der Waals surface area (Å²) in [5.41, 5.74) is 0. The van der Waals surface area contributed by atoms with Crippen molar-refractivity contribution >= 4 is 0 Å². The van der Waals surface area contributed by atoms with Gasteiger partial charge in [-0.1, -0.05) is 151 Å². The minimum Gasteiger partial charge on any atom is -0.265 e. The van der Waals surface area contributed by atoms with E-state index in [-0.39, 0.29) is 0 Å². The van der Waals surface area contributed by atoms with Gasteiger partial charge in [-0.2, -0.15) is 15.3 Å². The average molecular weight is 969 g/mol. The predicted molar refractivity (Wildman–Crippen MR) is 293 cm³/mol. The highest BCUT2D eigenvalue weighted by Crippen LogP contribution is 1.84. The van der Waals surface area contributed by atoms with Crippen LogP contribution < -0.4 is 0 Å². The molecular weight excluding hydrogens is 873 g/mol. The first-order chi connectivity index (χ1) is 33.1. The van der Waals surface area contributed by atoms with Gasteiger partial charge in [0.15, 0.2) is 0 Å². The third-order valence-corrected chi connectivity index (χ3v) is 3.22. The van der Waals surface area contributed by atoms with Crippen molar-refractivity contribution in [3.8, 4) is 0 Å². The average Bonchev–Trinajstić information content (AvgIpc) is 3.33. The first-order valence-corrected chi connectivity index (χ1v) is 23.8. The normalized spacial score (nSPS) is 8.40. The van der Waals surface area contributed by atoms with Crippen LogP contribution in [0.25, 0.3) is 0 Å². The fourth-order valence-electron chi connectivity index (χ4n) is 1.69. The van der Waals surface area contributed by atoms with Gasteiger partial charge in [-0.15, -0.1) is 15.3 Å². The lowest BCUT2D eigenvalue weighted by Crippen LogP contribution is -1.78. The van der Waals surface area contributed by atoms with Crippen LogP contribution >= 0.6 is 0 Å². The Bertz CT molecular complexity index is 1130. The van der Waals surface area contributed by atoms with Gasteiger partial charge in [0, 0.05) is 68.2 Å². The van der Waals surface area contributed by atoms with Crippen LogP contribution in [0.4, 0.5) is 0 Å². The molecule has 7 aromatic rings. The summed E-state index contributed by atoms with van der Waals surface area (Å²) in [6, 6.07) is 12.9. The number of pyridine rings is 1. The van der Waals surface area contributed by atoms with E-state index in [0.717, 1.165) is 41.4 Å². The van der Waals surface area contributed by atoms with Crippen LogP contribution in [0.3, 0.4) is 0 Å². The Balaban J connectivity index is -0.000000123. The Morgan fingerprint density at radius 3 is 0.500 bits per heavy atom. The number of rotatable bonds is 0. The van der Waals surface area contributed by atoms with E-state index in [1.54, 1.807) is 92.7 Å². The zero-order chi connectivity index (χ0) is 54.7. The van der Waals surface area contributed by atoms with E-state index in [1.807, 2.05) is 30.3 Å². The second-order valence-corrected chi connectivity index (χ2v) is 18.3. The summed E-state index contributed by atoms with van der Waals surface area (Å²) in [7, 11) is 0. The van der Waals surface area contributed by atoms with E-state index in [1.165, 1.54) is 37.8 Å². The largest absolute Gasteiger partial charge is 0.265 e. The quantitative estimate of drug-likeness (QED) is 0.138. The smallest absolute Gasteiger partial charge is 0.138 e. The van der Waals surface area contributed by atoms with E-state index in [2.05, 4.69) is 226 Å². The molecule has 70 heavy (non-hydrogen) atoms. The molecule has 0 unspecified atom stereocenters. The van der Waals surface area contributed by atoms with E-state index >= 15 is 0 Å². The van der Waals surface area contributed by atoms with Gasteiger partial charge >= 0.3 is 0 Å². The van der Waals surface area contributed by atoms with Crippen molar-refractivity contribution in [2.45, 2.75) is 145 Å². The van der Waals surface area contributed by atoms with E-state index in [0.29, 0.717) is 0 Å². The summed E-state index contributed by atoms with van der Waals surface area (Å²) in [4.78, 5) is 32.9. The molecule has 0 atom stereocenters. The summed E-state index contributed by atoms with van der Waals surface area (Å²) < 4.78 is 0. The molecule has 0 fully saturated rings. The fourth-order valence-corrected chi connectivity index (χ4v) is 1.69. The van der Waals surface area contributed by atoms with Gasteiger partial charge in [-0.25, -0.2) is 29.9 Å². The molecule has 0 aliphatic heterocycles. The molecule has 0 aliphatic rings. The Morgan fingerprint density at radius 2 is 0.400 bits per heavy atom. The molecule has 7 aromatic heterocycles. The second-order valence-electron chi connectivity index (χ2n) is 18.3. The van der Waals surface area contributed by atoms with Gasteiger partial charge < -0.3 is 0 Å². The van der Waals surface area contributed by atoms with Crippen molar-refractivity contribution in [1.29, 1.82) is 0 Å². The summed E-state index contributed by atoms with van der Waals surface area (Å²) in [6.07, 6.45) is 30.2. The minimum atomic E-state index is 0.833. The topological polar surface area (TPSA) is 206 Å². The first-order valence-electron chi connectivity index (χ1n) is 23.8. The number of nitrogens with zero attached hydrogens (tertiary/aromatic N) is 16. The van der Waals surface area contributed by atoms with Crippen LogP contribution in [-0.2, 0) is 0 Å².